The summed E-state index contributed by atoms with van der Waals surface area (Å²) < 4.78 is 23.6. The van der Waals surface area contributed by atoms with Crippen LogP contribution in [-0.2, 0) is 14.9 Å². The molecule has 0 saturated carbocycles. The quantitative estimate of drug-likeness (QED) is 0.757. The first-order valence-electron chi connectivity index (χ1n) is 4.99. The normalized spacial score (nSPS) is 12.3. The number of hydrogen-bond acceptors (Lipinski definition) is 4. The minimum absolute atomic E-state index is 0.149. The summed E-state index contributed by atoms with van der Waals surface area (Å²) in [5.41, 5.74) is 0.927. The molecule has 0 aliphatic rings. The Morgan fingerprint density at radius 3 is 2.50 bits per heavy atom. The molecule has 1 rings (SSSR count). The van der Waals surface area contributed by atoms with Gasteiger partial charge in [-0.2, -0.15) is 5.10 Å². The Morgan fingerprint density at radius 2 is 2.06 bits per heavy atom. The fourth-order valence-electron chi connectivity index (χ4n) is 1.26. The number of nitrogens with zero attached hydrogens (tertiary/aromatic N) is 1. The third-order valence-corrected chi connectivity index (χ3v) is 3.39. The molecule has 1 aromatic heterocycles. The Kier molecular flexibility index (Phi) is 4.06. The van der Waals surface area contributed by atoms with E-state index in [1.807, 2.05) is 13.8 Å². The van der Waals surface area contributed by atoms with E-state index in [9.17, 15) is 8.42 Å². The van der Waals surface area contributed by atoms with Crippen molar-refractivity contribution < 1.29 is 13.3 Å². The highest BCUT2D eigenvalue weighted by atomic mass is 32.2. The molecule has 0 amide bonds. The van der Waals surface area contributed by atoms with E-state index in [0.29, 0.717) is 18.0 Å². The van der Waals surface area contributed by atoms with Crippen LogP contribution in [0.5, 0.6) is 0 Å². The molecule has 0 aliphatic carbocycles. The number of H-pyrrole nitrogens is 1. The number of nitrogens with one attached hydrogen (secondary N) is 2. The Morgan fingerprint density at radius 1 is 1.44 bits per heavy atom. The molecule has 0 bridgehead atoms. The predicted molar refractivity (Wildman–Crippen MR) is 59.2 cm³/mol. The molecule has 1 heterocycles. The van der Waals surface area contributed by atoms with Gasteiger partial charge < -0.3 is 0 Å². The fourth-order valence-corrected chi connectivity index (χ4v) is 2.45. The zero-order chi connectivity index (χ0) is 12.3. The average Bonchev–Trinajstić information content (AvgIpc) is 2.45. The highest BCUT2D eigenvalue weighted by Gasteiger charge is 2.22. The summed E-state index contributed by atoms with van der Waals surface area (Å²) >= 11 is 0. The van der Waals surface area contributed by atoms with Gasteiger partial charge in [-0.05, 0) is 19.8 Å². The number of aromatic amines is 1. The molecule has 0 atom stereocenters. The molecule has 0 aromatic carbocycles. The minimum atomic E-state index is -3.64. The largest absolute Gasteiger partial charge is 0.287 e. The molecule has 92 valence electrons. The zero-order valence-corrected chi connectivity index (χ0v) is 10.7. The molecule has 0 radical (unpaired) electrons. The van der Waals surface area contributed by atoms with Crippen molar-refractivity contribution in [2.24, 2.45) is 5.92 Å². The molecular formula is C9H17N3O3S. The number of rotatable bonds is 5. The lowest BCUT2D eigenvalue weighted by atomic mass is 10.2. The first kappa shape index (κ1) is 13.1. The monoisotopic (exact) mass is 247 g/mol. The van der Waals surface area contributed by atoms with E-state index in [2.05, 4.69) is 15.1 Å². The zero-order valence-electron chi connectivity index (χ0n) is 9.86. The first-order chi connectivity index (χ1) is 7.34. The number of sulfonamides is 1. The second-order valence-corrected chi connectivity index (χ2v) is 5.64. The smallest absolute Gasteiger partial charge is 0.266 e. The molecule has 16 heavy (non-hydrogen) atoms. The van der Waals surface area contributed by atoms with Crippen molar-refractivity contribution in [2.45, 2.75) is 32.6 Å². The van der Waals surface area contributed by atoms with Crippen molar-refractivity contribution in [3.8, 4) is 0 Å². The molecule has 1 aromatic rings. The van der Waals surface area contributed by atoms with Crippen molar-refractivity contribution in [3.63, 3.8) is 0 Å². The van der Waals surface area contributed by atoms with Gasteiger partial charge in [-0.3, -0.25) is 9.94 Å². The SMILES string of the molecule is Cc1n[nH]c(C)c1S(=O)(=O)NOCC(C)C. The van der Waals surface area contributed by atoms with Crippen LogP contribution in [0.1, 0.15) is 25.2 Å². The molecule has 0 spiro atoms. The average molecular weight is 247 g/mol. The van der Waals surface area contributed by atoms with Gasteiger partial charge in [-0.1, -0.05) is 18.7 Å². The highest BCUT2D eigenvalue weighted by Crippen LogP contribution is 2.16. The predicted octanol–water partition coefficient (Wildman–Crippen LogP) is 0.892. The van der Waals surface area contributed by atoms with Gasteiger partial charge in [0.15, 0.2) is 0 Å². The maximum atomic E-state index is 11.8. The Bertz CT molecular complexity index is 431. The second kappa shape index (κ2) is 4.94. The van der Waals surface area contributed by atoms with E-state index >= 15 is 0 Å². The first-order valence-corrected chi connectivity index (χ1v) is 6.48. The molecule has 7 heteroatoms. The van der Waals surface area contributed by atoms with Crippen LogP contribution < -0.4 is 4.89 Å². The molecule has 0 aliphatic heterocycles. The van der Waals surface area contributed by atoms with E-state index < -0.39 is 10.0 Å². The van der Waals surface area contributed by atoms with Gasteiger partial charge >= 0.3 is 0 Å². The van der Waals surface area contributed by atoms with Crippen molar-refractivity contribution in [1.29, 1.82) is 0 Å². The molecule has 0 unspecified atom stereocenters. The van der Waals surface area contributed by atoms with Crippen LogP contribution in [0, 0.1) is 19.8 Å². The van der Waals surface area contributed by atoms with Crippen LogP contribution in [0.25, 0.3) is 0 Å². The fraction of sp³-hybridized carbons (Fsp3) is 0.667. The molecule has 0 saturated heterocycles. The van der Waals surface area contributed by atoms with Gasteiger partial charge in [-0.15, -0.1) is 0 Å². The van der Waals surface area contributed by atoms with Gasteiger partial charge in [0.1, 0.15) is 4.90 Å². The van der Waals surface area contributed by atoms with Crippen LogP contribution in [0.15, 0.2) is 4.90 Å². The lowest BCUT2D eigenvalue weighted by molar-refractivity contribution is 0.0718. The minimum Gasteiger partial charge on any atom is -0.287 e. The van der Waals surface area contributed by atoms with E-state index in [-0.39, 0.29) is 10.8 Å². The third-order valence-electron chi connectivity index (χ3n) is 1.91. The van der Waals surface area contributed by atoms with Gasteiger partial charge in [0, 0.05) is 0 Å². The third kappa shape index (κ3) is 3.03. The van der Waals surface area contributed by atoms with E-state index in [1.54, 1.807) is 13.8 Å². The summed E-state index contributed by atoms with van der Waals surface area (Å²) in [6, 6.07) is 0. The summed E-state index contributed by atoms with van der Waals surface area (Å²) in [5, 5.41) is 6.44. The maximum absolute atomic E-state index is 11.8. The molecular weight excluding hydrogens is 230 g/mol. The Balaban J connectivity index is 2.79. The van der Waals surface area contributed by atoms with Gasteiger partial charge in [0.05, 0.1) is 18.0 Å². The summed E-state index contributed by atoms with van der Waals surface area (Å²) in [6.45, 7) is 7.47. The summed E-state index contributed by atoms with van der Waals surface area (Å²) in [5.74, 6) is 0.259. The second-order valence-electron chi connectivity index (χ2n) is 4.05. The Hall–Kier alpha value is -0.920. The van der Waals surface area contributed by atoms with Crippen LogP contribution in [0.2, 0.25) is 0 Å². The number of aryl methyl sites for hydroxylation is 2. The van der Waals surface area contributed by atoms with Crippen molar-refractivity contribution in [3.05, 3.63) is 11.4 Å². The topological polar surface area (TPSA) is 84.1 Å². The summed E-state index contributed by atoms with van der Waals surface area (Å²) in [4.78, 5) is 7.15. The standard InChI is InChI=1S/C9H17N3O3S/c1-6(2)5-15-12-16(13,14)9-7(3)10-11-8(9)4/h6,12H,5H2,1-4H3,(H,10,11). The maximum Gasteiger partial charge on any atom is 0.266 e. The van der Waals surface area contributed by atoms with Crippen LogP contribution >= 0.6 is 0 Å². The van der Waals surface area contributed by atoms with E-state index in [0.717, 1.165) is 0 Å². The van der Waals surface area contributed by atoms with E-state index in [4.69, 9.17) is 4.84 Å². The van der Waals surface area contributed by atoms with Gasteiger partial charge in [-0.25, -0.2) is 8.42 Å². The summed E-state index contributed by atoms with van der Waals surface area (Å²) in [6.07, 6.45) is 0. The lowest BCUT2D eigenvalue weighted by Crippen LogP contribution is -2.26. The lowest BCUT2D eigenvalue weighted by Gasteiger charge is -2.08. The van der Waals surface area contributed by atoms with Crippen molar-refractivity contribution in [1.82, 2.24) is 15.1 Å². The van der Waals surface area contributed by atoms with Crippen LogP contribution in [0.3, 0.4) is 0 Å². The van der Waals surface area contributed by atoms with Crippen LogP contribution in [0.4, 0.5) is 0 Å². The van der Waals surface area contributed by atoms with Gasteiger partial charge in [0.2, 0.25) is 0 Å². The van der Waals surface area contributed by atoms with Crippen LogP contribution in [-0.4, -0.2) is 25.2 Å². The number of aromatic nitrogens is 2. The van der Waals surface area contributed by atoms with Gasteiger partial charge in [0.25, 0.3) is 10.0 Å². The van der Waals surface area contributed by atoms with Crippen molar-refractivity contribution >= 4 is 10.0 Å². The molecule has 0 fully saturated rings. The summed E-state index contributed by atoms with van der Waals surface area (Å²) in [7, 11) is -3.64. The van der Waals surface area contributed by atoms with Crippen molar-refractivity contribution in [2.75, 3.05) is 6.61 Å². The molecule has 2 N–H and O–H groups in total. The highest BCUT2D eigenvalue weighted by molar-refractivity contribution is 7.89. The Labute approximate surface area is 95.4 Å². The van der Waals surface area contributed by atoms with E-state index in [1.165, 1.54) is 0 Å². The molecule has 6 nitrogen and oxygen atoms in total. The number of hydrogen-bond donors (Lipinski definition) is 2.